The highest BCUT2D eigenvalue weighted by atomic mass is 16.3. The average molecular weight is 676 g/mol. The van der Waals surface area contributed by atoms with Crippen molar-refractivity contribution >= 4 is 60.5 Å². The summed E-state index contributed by atoms with van der Waals surface area (Å²) in [7, 11) is 0. The zero-order chi connectivity index (χ0) is 34.9. The molecule has 0 aliphatic heterocycles. The molecular formula is C51H33NO. The van der Waals surface area contributed by atoms with Crippen molar-refractivity contribution in [1.82, 2.24) is 0 Å². The van der Waals surface area contributed by atoms with Gasteiger partial charge in [-0.25, -0.2) is 0 Å². The zero-order valence-corrected chi connectivity index (χ0v) is 28.9. The van der Waals surface area contributed by atoms with Crippen molar-refractivity contribution < 1.29 is 4.42 Å². The van der Waals surface area contributed by atoms with Crippen LogP contribution in [0.5, 0.6) is 0 Å². The Balaban J connectivity index is 1.20. The SMILES string of the molecule is c1ccc(N(c2ccc3c(c2)C(c2ccccc2)(c2ccccc2)c2ccccc2-3)c2ccc3ccc4ccc5oc6ccccc6c5c4c3c2)cc1. The van der Waals surface area contributed by atoms with E-state index in [9.17, 15) is 0 Å². The van der Waals surface area contributed by atoms with Crippen LogP contribution in [0.3, 0.4) is 0 Å². The molecule has 0 unspecified atom stereocenters. The Hall–Kier alpha value is -6.90. The molecule has 11 rings (SSSR count). The molecule has 1 heterocycles. The van der Waals surface area contributed by atoms with Crippen molar-refractivity contribution in [2.75, 3.05) is 4.90 Å². The maximum atomic E-state index is 6.38. The fraction of sp³-hybridized carbons (Fsp3) is 0.0196. The van der Waals surface area contributed by atoms with Gasteiger partial charge in [0.15, 0.2) is 0 Å². The van der Waals surface area contributed by atoms with Crippen molar-refractivity contribution in [3.63, 3.8) is 0 Å². The van der Waals surface area contributed by atoms with E-state index < -0.39 is 5.41 Å². The third kappa shape index (κ3) is 4.33. The molecule has 0 radical (unpaired) electrons. The van der Waals surface area contributed by atoms with E-state index in [1.165, 1.54) is 54.9 Å². The summed E-state index contributed by atoms with van der Waals surface area (Å²) in [6, 6.07) is 72.9. The van der Waals surface area contributed by atoms with Gasteiger partial charge in [-0.2, -0.15) is 0 Å². The highest BCUT2D eigenvalue weighted by Crippen LogP contribution is 2.57. The molecule has 0 fully saturated rings. The number of hydrogen-bond donors (Lipinski definition) is 0. The lowest BCUT2D eigenvalue weighted by Crippen LogP contribution is -2.28. The Labute approximate surface area is 307 Å². The maximum Gasteiger partial charge on any atom is 0.136 e. The van der Waals surface area contributed by atoms with Gasteiger partial charge in [0.25, 0.3) is 0 Å². The molecule has 1 aliphatic rings. The molecule has 0 atom stereocenters. The Morgan fingerprint density at radius 2 is 0.943 bits per heavy atom. The fourth-order valence-corrected chi connectivity index (χ4v) is 9.08. The Morgan fingerprint density at radius 1 is 0.358 bits per heavy atom. The summed E-state index contributed by atoms with van der Waals surface area (Å²) in [5, 5.41) is 7.13. The number of benzene rings is 9. The van der Waals surface area contributed by atoms with Crippen molar-refractivity contribution in [1.29, 1.82) is 0 Å². The maximum absolute atomic E-state index is 6.38. The van der Waals surface area contributed by atoms with Crippen LogP contribution in [0.2, 0.25) is 0 Å². The first-order valence-electron chi connectivity index (χ1n) is 18.3. The van der Waals surface area contributed by atoms with Crippen molar-refractivity contribution in [2.45, 2.75) is 5.41 Å². The van der Waals surface area contributed by atoms with Crippen LogP contribution in [0.4, 0.5) is 17.1 Å². The van der Waals surface area contributed by atoms with Crippen LogP contribution in [0, 0.1) is 0 Å². The van der Waals surface area contributed by atoms with Gasteiger partial charge >= 0.3 is 0 Å². The summed E-state index contributed by atoms with van der Waals surface area (Å²) in [5.74, 6) is 0. The minimum absolute atomic E-state index is 0.486. The number of para-hydroxylation sites is 2. The average Bonchev–Trinajstić information content (AvgIpc) is 3.76. The van der Waals surface area contributed by atoms with E-state index in [1.54, 1.807) is 0 Å². The predicted octanol–water partition coefficient (Wildman–Crippen LogP) is 13.7. The molecule has 248 valence electrons. The molecule has 1 aromatic heterocycles. The van der Waals surface area contributed by atoms with Crippen molar-refractivity contribution in [2.24, 2.45) is 0 Å². The third-order valence-electron chi connectivity index (χ3n) is 11.3. The minimum atomic E-state index is -0.486. The molecular weight excluding hydrogens is 643 g/mol. The van der Waals surface area contributed by atoms with E-state index in [0.29, 0.717) is 0 Å². The standard InChI is InChI=1S/C51H33NO/c1-4-14-36(15-5-1)51(37-16-6-2-7-17-37)45-22-12-10-20-41(45)42-30-29-40(33-46(42)51)52(38-18-8-3-9-19-38)39-28-26-34-24-25-35-27-31-48-50(49(35)44(34)32-39)43-21-11-13-23-47(43)53-48/h1-33H. The summed E-state index contributed by atoms with van der Waals surface area (Å²) in [5.41, 5.74) is 12.3. The summed E-state index contributed by atoms with van der Waals surface area (Å²) < 4.78 is 6.38. The highest BCUT2D eigenvalue weighted by Gasteiger charge is 2.46. The van der Waals surface area contributed by atoms with Gasteiger partial charge in [-0.05, 0) is 98.1 Å². The molecule has 2 nitrogen and oxygen atoms in total. The number of furan rings is 1. The molecule has 0 bridgehead atoms. The minimum Gasteiger partial charge on any atom is -0.456 e. The lowest BCUT2D eigenvalue weighted by atomic mass is 9.67. The van der Waals surface area contributed by atoms with Gasteiger partial charge in [-0.1, -0.05) is 152 Å². The number of fused-ring (bicyclic) bond motifs is 10. The van der Waals surface area contributed by atoms with E-state index in [1.807, 2.05) is 6.07 Å². The van der Waals surface area contributed by atoms with Gasteiger partial charge in [0, 0.05) is 33.2 Å². The number of hydrogen-bond acceptors (Lipinski definition) is 2. The third-order valence-corrected chi connectivity index (χ3v) is 11.3. The van der Waals surface area contributed by atoms with Gasteiger partial charge in [0.2, 0.25) is 0 Å². The molecule has 1 aliphatic carbocycles. The van der Waals surface area contributed by atoms with Crippen molar-refractivity contribution in [3.05, 3.63) is 222 Å². The molecule has 10 aromatic rings. The lowest BCUT2D eigenvalue weighted by molar-refractivity contribution is 0.669. The summed E-state index contributed by atoms with van der Waals surface area (Å²) in [4.78, 5) is 2.41. The molecule has 53 heavy (non-hydrogen) atoms. The zero-order valence-electron chi connectivity index (χ0n) is 28.9. The molecule has 0 saturated carbocycles. The second-order valence-electron chi connectivity index (χ2n) is 14.0. The number of rotatable bonds is 5. The first kappa shape index (κ1) is 29.8. The Bertz CT molecular complexity index is 2960. The van der Waals surface area contributed by atoms with Crippen molar-refractivity contribution in [3.8, 4) is 11.1 Å². The monoisotopic (exact) mass is 675 g/mol. The van der Waals surface area contributed by atoms with E-state index in [2.05, 4.69) is 199 Å². The van der Waals surface area contributed by atoms with E-state index >= 15 is 0 Å². The van der Waals surface area contributed by atoms with Crippen LogP contribution < -0.4 is 4.90 Å². The quantitative estimate of drug-likeness (QED) is 0.169. The highest BCUT2D eigenvalue weighted by molar-refractivity contribution is 6.27. The van der Waals surface area contributed by atoms with Crippen LogP contribution in [0.25, 0.3) is 54.6 Å². The summed E-state index contributed by atoms with van der Waals surface area (Å²) in [6.07, 6.45) is 0. The van der Waals surface area contributed by atoms with Crippen LogP contribution in [-0.2, 0) is 5.41 Å². The van der Waals surface area contributed by atoms with E-state index in [-0.39, 0.29) is 0 Å². The van der Waals surface area contributed by atoms with Crippen LogP contribution in [0.15, 0.2) is 205 Å². The van der Waals surface area contributed by atoms with Crippen LogP contribution >= 0.6 is 0 Å². The van der Waals surface area contributed by atoms with Crippen LogP contribution in [0.1, 0.15) is 22.3 Å². The van der Waals surface area contributed by atoms with Gasteiger partial charge in [-0.15, -0.1) is 0 Å². The molecule has 2 heteroatoms. The molecule has 9 aromatic carbocycles. The van der Waals surface area contributed by atoms with Gasteiger partial charge in [-0.3, -0.25) is 0 Å². The first-order valence-corrected chi connectivity index (χ1v) is 18.3. The van der Waals surface area contributed by atoms with E-state index in [4.69, 9.17) is 4.42 Å². The smallest absolute Gasteiger partial charge is 0.136 e. The molecule has 0 spiro atoms. The normalized spacial score (nSPS) is 13.1. The van der Waals surface area contributed by atoms with Gasteiger partial charge < -0.3 is 9.32 Å². The number of anilines is 3. The lowest BCUT2D eigenvalue weighted by Gasteiger charge is -2.35. The second-order valence-corrected chi connectivity index (χ2v) is 14.0. The Kier molecular flexibility index (Phi) is 6.50. The fourth-order valence-electron chi connectivity index (χ4n) is 9.08. The molecule has 0 N–H and O–H groups in total. The summed E-state index contributed by atoms with van der Waals surface area (Å²) in [6.45, 7) is 0. The molecule has 0 saturated heterocycles. The Morgan fingerprint density at radius 3 is 1.74 bits per heavy atom. The predicted molar refractivity (Wildman–Crippen MR) is 221 cm³/mol. The van der Waals surface area contributed by atoms with E-state index in [0.717, 1.165) is 39.0 Å². The largest absolute Gasteiger partial charge is 0.456 e. The topological polar surface area (TPSA) is 16.4 Å². The van der Waals surface area contributed by atoms with Gasteiger partial charge in [0.1, 0.15) is 11.2 Å². The summed E-state index contributed by atoms with van der Waals surface area (Å²) >= 11 is 0. The second kappa shape index (κ2) is 11.6. The van der Waals surface area contributed by atoms with Gasteiger partial charge in [0.05, 0.1) is 5.41 Å². The number of nitrogens with zero attached hydrogens (tertiary/aromatic N) is 1. The molecule has 0 amide bonds. The first-order chi connectivity index (χ1) is 26.3. The van der Waals surface area contributed by atoms with Crippen LogP contribution in [-0.4, -0.2) is 0 Å².